The minimum atomic E-state index is 0.638. The van der Waals surface area contributed by atoms with Crippen molar-refractivity contribution in [1.82, 2.24) is 15.1 Å². The van der Waals surface area contributed by atoms with Crippen molar-refractivity contribution in [3.05, 3.63) is 71.5 Å². The van der Waals surface area contributed by atoms with E-state index in [-0.39, 0.29) is 0 Å². The van der Waals surface area contributed by atoms with Gasteiger partial charge in [-0.25, -0.2) is 0 Å². The lowest BCUT2D eigenvalue weighted by atomic mass is 9.94. The summed E-state index contributed by atoms with van der Waals surface area (Å²) in [5.41, 5.74) is 5.64. The van der Waals surface area contributed by atoms with Crippen LogP contribution in [0.1, 0.15) is 16.8 Å². The average Bonchev–Trinajstić information content (AvgIpc) is 3.03. The molecule has 4 heteroatoms. The fraction of sp³-hybridized carbons (Fsp3) is 0.286. The number of nitrogens with zero attached hydrogens (tertiary/aromatic N) is 2. The van der Waals surface area contributed by atoms with Crippen molar-refractivity contribution in [1.29, 1.82) is 0 Å². The molecule has 3 aromatic rings. The standard InChI is InChI=1S/C21H24N3O/c1-16-20(15-22-23-16)18-10-7-11-21(25-13-12-24(2)3)19(18)14-17-8-5-4-6-9-17/h4-10,15H,12-14H2,1-3H3,(H,22,23). The van der Waals surface area contributed by atoms with Crippen molar-refractivity contribution in [2.45, 2.75) is 13.3 Å². The number of hydrogen-bond donors (Lipinski definition) is 1. The normalized spacial score (nSPS) is 11.0. The first-order valence-electron chi connectivity index (χ1n) is 8.51. The molecule has 0 atom stereocenters. The van der Waals surface area contributed by atoms with Gasteiger partial charge in [-0.1, -0.05) is 36.4 Å². The number of likely N-dealkylation sites (N-methyl/N-ethyl adjacent to an activating group) is 1. The Balaban J connectivity index is 1.98. The molecule has 1 N–H and O–H groups in total. The van der Waals surface area contributed by atoms with Crippen LogP contribution in [0.5, 0.6) is 5.75 Å². The number of H-pyrrole nitrogens is 1. The third-order valence-corrected chi connectivity index (χ3v) is 4.19. The molecule has 0 aliphatic carbocycles. The lowest BCUT2D eigenvalue weighted by molar-refractivity contribution is 0.259. The summed E-state index contributed by atoms with van der Waals surface area (Å²) in [6, 6.07) is 17.8. The predicted molar refractivity (Wildman–Crippen MR) is 101 cm³/mol. The molecule has 0 aliphatic rings. The maximum absolute atomic E-state index is 6.07. The van der Waals surface area contributed by atoms with Crippen LogP contribution in [-0.4, -0.2) is 42.3 Å². The number of hydrogen-bond acceptors (Lipinski definition) is 3. The largest absolute Gasteiger partial charge is 0.491 e. The van der Waals surface area contributed by atoms with E-state index in [1.165, 1.54) is 5.56 Å². The maximum Gasteiger partial charge on any atom is 0.131 e. The summed E-state index contributed by atoms with van der Waals surface area (Å²) in [5.74, 6) is 0.823. The zero-order valence-electron chi connectivity index (χ0n) is 15.0. The van der Waals surface area contributed by atoms with E-state index in [4.69, 9.17) is 4.74 Å². The second kappa shape index (κ2) is 7.99. The van der Waals surface area contributed by atoms with Crippen LogP contribution in [0, 0.1) is 13.0 Å². The van der Waals surface area contributed by atoms with Gasteiger partial charge in [-0.3, -0.25) is 5.10 Å². The zero-order valence-corrected chi connectivity index (χ0v) is 15.0. The summed E-state index contributed by atoms with van der Waals surface area (Å²) in [5, 5.41) is 7.23. The smallest absolute Gasteiger partial charge is 0.131 e. The van der Waals surface area contributed by atoms with Crippen molar-refractivity contribution >= 4 is 0 Å². The van der Waals surface area contributed by atoms with Gasteiger partial charge in [0.15, 0.2) is 0 Å². The Bertz CT molecular complexity index is 809. The molecule has 4 nitrogen and oxygen atoms in total. The van der Waals surface area contributed by atoms with E-state index in [2.05, 4.69) is 51.5 Å². The van der Waals surface area contributed by atoms with Gasteiger partial charge in [0.1, 0.15) is 12.4 Å². The molecule has 0 bridgehead atoms. The summed E-state index contributed by atoms with van der Waals surface area (Å²) in [7, 11) is 4.09. The van der Waals surface area contributed by atoms with Gasteiger partial charge in [0, 0.05) is 36.4 Å². The molecule has 0 saturated heterocycles. The molecule has 25 heavy (non-hydrogen) atoms. The third-order valence-electron chi connectivity index (χ3n) is 4.19. The summed E-state index contributed by atoms with van der Waals surface area (Å²) < 4.78 is 6.07. The van der Waals surface area contributed by atoms with Crippen LogP contribution < -0.4 is 4.74 Å². The highest BCUT2D eigenvalue weighted by molar-refractivity contribution is 5.71. The Hall–Kier alpha value is -2.59. The molecule has 1 radical (unpaired) electrons. The maximum atomic E-state index is 6.07. The predicted octanol–water partition coefficient (Wildman–Crippen LogP) is 3.72. The molecule has 1 heterocycles. The van der Waals surface area contributed by atoms with Crippen molar-refractivity contribution < 1.29 is 4.74 Å². The third kappa shape index (κ3) is 4.28. The number of aromatic amines is 1. The van der Waals surface area contributed by atoms with Crippen LogP contribution in [0.15, 0.2) is 48.7 Å². The number of rotatable bonds is 7. The van der Waals surface area contributed by atoms with Crippen LogP contribution in [0.2, 0.25) is 0 Å². The summed E-state index contributed by atoms with van der Waals surface area (Å²) in [6.07, 6.45) is 2.75. The number of nitrogens with one attached hydrogen (secondary N) is 1. The van der Waals surface area contributed by atoms with E-state index in [0.29, 0.717) is 6.61 Å². The van der Waals surface area contributed by atoms with E-state index >= 15 is 0 Å². The number of aryl methyl sites for hydroxylation is 1. The van der Waals surface area contributed by atoms with Crippen LogP contribution in [0.3, 0.4) is 0 Å². The fourth-order valence-corrected chi connectivity index (χ4v) is 2.83. The minimum Gasteiger partial charge on any atom is -0.491 e. The van der Waals surface area contributed by atoms with Crippen molar-refractivity contribution in [3.63, 3.8) is 0 Å². The first-order valence-corrected chi connectivity index (χ1v) is 8.51. The zero-order chi connectivity index (χ0) is 17.6. The molecule has 0 saturated carbocycles. The van der Waals surface area contributed by atoms with Crippen molar-refractivity contribution in [2.24, 2.45) is 0 Å². The lowest BCUT2D eigenvalue weighted by Crippen LogP contribution is -2.19. The van der Waals surface area contributed by atoms with Crippen molar-refractivity contribution in [3.8, 4) is 16.9 Å². The van der Waals surface area contributed by atoms with Crippen LogP contribution in [0.4, 0.5) is 0 Å². The first kappa shape index (κ1) is 17.2. The Morgan fingerprint density at radius 3 is 2.60 bits per heavy atom. The minimum absolute atomic E-state index is 0.638. The summed E-state index contributed by atoms with van der Waals surface area (Å²) in [4.78, 5) is 2.11. The number of benzene rings is 2. The average molecular weight is 334 g/mol. The molecule has 129 valence electrons. The van der Waals surface area contributed by atoms with Gasteiger partial charge < -0.3 is 9.64 Å². The molecule has 0 aliphatic heterocycles. The second-order valence-corrected chi connectivity index (χ2v) is 6.40. The van der Waals surface area contributed by atoms with Gasteiger partial charge in [-0.2, -0.15) is 5.10 Å². The van der Waals surface area contributed by atoms with Crippen molar-refractivity contribution in [2.75, 3.05) is 27.2 Å². The first-order chi connectivity index (χ1) is 12.1. The molecule has 3 rings (SSSR count). The highest BCUT2D eigenvalue weighted by atomic mass is 16.5. The quantitative estimate of drug-likeness (QED) is 0.716. The van der Waals surface area contributed by atoms with Gasteiger partial charge >= 0.3 is 0 Å². The van der Waals surface area contributed by atoms with Crippen LogP contribution in [0.25, 0.3) is 11.1 Å². The molecule has 0 amide bonds. The van der Waals surface area contributed by atoms with Gasteiger partial charge in [-0.05, 0) is 38.2 Å². The number of aromatic nitrogens is 2. The molecule has 1 aromatic heterocycles. The second-order valence-electron chi connectivity index (χ2n) is 6.40. The van der Waals surface area contributed by atoms with E-state index in [1.807, 2.05) is 39.3 Å². The Kier molecular flexibility index (Phi) is 5.51. The Morgan fingerprint density at radius 1 is 1.12 bits per heavy atom. The van der Waals surface area contributed by atoms with Crippen LogP contribution >= 0.6 is 0 Å². The van der Waals surface area contributed by atoms with E-state index < -0.39 is 0 Å². The summed E-state index contributed by atoms with van der Waals surface area (Å²) >= 11 is 0. The molecule has 0 unspecified atom stereocenters. The highest BCUT2D eigenvalue weighted by Gasteiger charge is 2.15. The topological polar surface area (TPSA) is 41.1 Å². The van der Waals surface area contributed by atoms with Gasteiger partial charge in [0.25, 0.3) is 0 Å². The molecule has 2 aromatic carbocycles. The molecular formula is C21H24N3O. The molecule has 0 fully saturated rings. The Morgan fingerprint density at radius 2 is 1.92 bits per heavy atom. The van der Waals surface area contributed by atoms with E-state index in [0.717, 1.165) is 41.1 Å². The van der Waals surface area contributed by atoms with Gasteiger partial charge in [0.05, 0.1) is 5.69 Å². The van der Waals surface area contributed by atoms with Gasteiger partial charge in [0.2, 0.25) is 0 Å². The summed E-state index contributed by atoms with van der Waals surface area (Å²) in [6.45, 7) is 3.52. The van der Waals surface area contributed by atoms with E-state index in [9.17, 15) is 0 Å². The molecule has 0 spiro atoms. The molecular weight excluding hydrogens is 310 g/mol. The number of ether oxygens (including phenoxy) is 1. The van der Waals surface area contributed by atoms with Crippen LogP contribution in [-0.2, 0) is 6.42 Å². The highest BCUT2D eigenvalue weighted by Crippen LogP contribution is 2.33. The lowest BCUT2D eigenvalue weighted by Gasteiger charge is -2.17. The monoisotopic (exact) mass is 334 g/mol. The SMILES string of the molecule is Cc1n[nH]cc1-c1cc[c]c(OCCN(C)C)c1Cc1ccccc1. The van der Waals surface area contributed by atoms with E-state index in [1.54, 1.807) is 0 Å². The van der Waals surface area contributed by atoms with Gasteiger partial charge in [-0.15, -0.1) is 0 Å². The Labute approximate surface area is 149 Å². The fourth-order valence-electron chi connectivity index (χ4n) is 2.83.